The number of methoxy groups -OCH3 is 1. The fraction of sp³-hybridized carbons (Fsp3) is 0.556. The van der Waals surface area contributed by atoms with E-state index in [4.69, 9.17) is 4.74 Å². The van der Waals surface area contributed by atoms with Gasteiger partial charge >= 0.3 is 12.1 Å². The maximum atomic E-state index is 13.9. The molecule has 6 nitrogen and oxygen atoms in total. The van der Waals surface area contributed by atoms with Crippen LogP contribution in [0.4, 0.5) is 14.0 Å². The second-order valence-electron chi connectivity index (χ2n) is 6.66. The number of rotatable bonds is 4. The topological polar surface area (TPSA) is 61.9 Å². The molecule has 2 fully saturated rings. The molecule has 1 heterocycles. The molecule has 0 aromatic heterocycles. The Morgan fingerprint density at radius 3 is 2.76 bits per heavy atom. The number of hydrogen-bond acceptors (Lipinski definition) is 3. The van der Waals surface area contributed by atoms with Crippen molar-refractivity contribution in [2.45, 2.75) is 44.3 Å². The van der Waals surface area contributed by atoms with E-state index in [0.29, 0.717) is 18.7 Å². The lowest BCUT2D eigenvalue weighted by molar-refractivity contribution is 0.106. The number of hydrogen-bond donors (Lipinski definition) is 1. The van der Waals surface area contributed by atoms with Gasteiger partial charge in [-0.25, -0.2) is 14.0 Å². The predicted octanol–water partition coefficient (Wildman–Crippen LogP) is 2.73. The summed E-state index contributed by atoms with van der Waals surface area (Å²) in [7, 11) is 1.35. The Morgan fingerprint density at radius 2 is 2.08 bits per heavy atom. The minimum atomic E-state index is -0.371. The number of nitrogens with zero attached hydrogens (tertiary/aromatic N) is 2. The molecular formula is C18H24FN3O3. The molecule has 1 saturated heterocycles. The van der Waals surface area contributed by atoms with Gasteiger partial charge in [0.15, 0.2) is 0 Å². The summed E-state index contributed by atoms with van der Waals surface area (Å²) >= 11 is 0. The van der Waals surface area contributed by atoms with Crippen LogP contribution >= 0.6 is 0 Å². The molecule has 1 saturated carbocycles. The normalized spacial score (nSPS) is 20.1. The summed E-state index contributed by atoms with van der Waals surface area (Å²) in [6.45, 7) is 1.34. The van der Waals surface area contributed by atoms with Crippen LogP contribution in [0.1, 0.15) is 31.2 Å². The van der Waals surface area contributed by atoms with E-state index >= 15 is 0 Å². The molecule has 1 aliphatic carbocycles. The molecule has 0 bridgehead atoms. The largest absolute Gasteiger partial charge is 0.453 e. The fourth-order valence-corrected chi connectivity index (χ4v) is 3.21. The summed E-state index contributed by atoms with van der Waals surface area (Å²) < 4.78 is 18.7. The van der Waals surface area contributed by atoms with Crippen molar-refractivity contribution >= 4 is 12.1 Å². The van der Waals surface area contributed by atoms with E-state index in [1.165, 1.54) is 13.2 Å². The third-order valence-corrected chi connectivity index (χ3v) is 4.73. The maximum absolute atomic E-state index is 13.9. The number of piperidine rings is 1. The van der Waals surface area contributed by atoms with Crippen molar-refractivity contribution < 1.29 is 18.7 Å². The molecule has 1 aromatic rings. The first kappa shape index (κ1) is 17.5. The van der Waals surface area contributed by atoms with Gasteiger partial charge in [-0.3, -0.25) is 0 Å². The Bertz CT molecular complexity index is 636. The van der Waals surface area contributed by atoms with E-state index in [0.717, 1.165) is 25.7 Å². The molecule has 136 valence electrons. The van der Waals surface area contributed by atoms with Crippen LogP contribution in [-0.4, -0.2) is 54.2 Å². The van der Waals surface area contributed by atoms with Crippen LogP contribution in [0.15, 0.2) is 24.3 Å². The average Bonchev–Trinajstić information content (AvgIpc) is 3.45. The summed E-state index contributed by atoms with van der Waals surface area (Å²) in [6.07, 6.45) is 3.15. The van der Waals surface area contributed by atoms with Crippen LogP contribution in [0.5, 0.6) is 0 Å². The quantitative estimate of drug-likeness (QED) is 0.909. The highest BCUT2D eigenvalue weighted by molar-refractivity contribution is 5.75. The molecule has 2 aliphatic rings. The van der Waals surface area contributed by atoms with Gasteiger partial charge in [-0.2, -0.15) is 0 Å². The summed E-state index contributed by atoms with van der Waals surface area (Å²) in [5.74, 6) is -0.296. The first-order chi connectivity index (χ1) is 12.1. The van der Waals surface area contributed by atoms with Crippen molar-refractivity contribution in [3.63, 3.8) is 0 Å². The van der Waals surface area contributed by atoms with Gasteiger partial charge in [0, 0.05) is 30.7 Å². The van der Waals surface area contributed by atoms with Crippen LogP contribution in [0.2, 0.25) is 0 Å². The van der Waals surface area contributed by atoms with Crippen molar-refractivity contribution in [3.05, 3.63) is 35.6 Å². The molecule has 3 amide bonds. The van der Waals surface area contributed by atoms with Gasteiger partial charge in [-0.1, -0.05) is 18.2 Å². The predicted molar refractivity (Wildman–Crippen MR) is 90.5 cm³/mol. The van der Waals surface area contributed by atoms with Crippen molar-refractivity contribution in [1.29, 1.82) is 0 Å². The molecule has 1 atom stereocenters. The lowest BCUT2D eigenvalue weighted by Gasteiger charge is -2.33. The molecule has 1 aliphatic heterocycles. The van der Waals surface area contributed by atoms with Crippen molar-refractivity contribution in [2.24, 2.45) is 0 Å². The van der Waals surface area contributed by atoms with E-state index < -0.39 is 0 Å². The standard InChI is InChI=1S/C18H24FN3O3/c1-25-18(24)21-10-4-6-14(12-21)20-17(23)22(15-8-9-15)11-13-5-2-3-7-16(13)19/h2-3,5,7,14-15H,4,6,8-12H2,1H3,(H,20,23). The van der Waals surface area contributed by atoms with E-state index in [1.54, 1.807) is 28.0 Å². The van der Waals surface area contributed by atoms with Gasteiger partial charge in [0.1, 0.15) is 5.82 Å². The van der Waals surface area contributed by atoms with E-state index in [1.807, 2.05) is 0 Å². The number of amides is 3. The number of likely N-dealkylation sites (tertiary alicyclic amines) is 1. The number of carbonyl (C=O) groups is 2. The minimum Gasteiger partial charge on any atom is -0.453 e. The van der Waals surface area contributed by atoms with E-state index in [9.17, 15) is 14.0 Å². The highest BCUT2D eigenvalue weighted by atomic mass is 19.1. The second-order valence-corrected chi connectivity index (χ2v) is 6.66. The number of urea groups is 1. The van der Waals surface area contributed by atoms with Crippen LogP contribution in [-0.2, 0) is 11.3 Å². The molecule has 1 unspecified atom stereocenters. The number of nitrogens with one attached hydrogen (secondary N) is 1. The first-order valence-corrected chi connectivity index (χ1v) is 8.72. The van der Waals surface area contributed by atoms with E-state index in [-0.39, 0.29) is 36.6 Å². The first-order valence-electron chi connectivity index (χ1n) is 8.72. The zero-order valence-electron chi connectivity index (χ0n) is 14.4. The van der Waals surface area contributed by atoms with Crippen LogP contribution in [0.25, 0.3) is 0 Å². The smallest absolute Gasteiger partial charge is 0.409 e. The molecule has 0 radical (unpaired) electrons. The molecule has 3 rings (SSSR count). The van der Waals surface area contributed by atoms with Gasteiger partial charge in [0.2, 0.25) is 0 Å². The third kappa shape index (κ3) is 4.41. The molecule has 0 spiro atoms. The van der Waals surface area contributed by atoms with Gasteiger partial charge < -0.3 is 19.9 Å². The molecule has 1 aromatic carbocycles. The molecular weight excluding hydrogens is 325 g/mol. The number of benzene rings is 1. The Hall–Kier alpha value is -2.31. The third-order valence-electron chi connectivity index (χ3n) is 4.73. The summed E-state index contributed by atoms with van der Waals surface area (Å²) in [4.78, 5) is 27.7. The lowest BCUT2D eigenvalue weighted by atomic mass is 10.1. The lowest BCUT2D eigenvalue weighted by Crippen LogP contribution is -2.53. The fourth-order valence-electron chi connectivity index (χ4n) is 3.21. The Kier molecular flexibility index (Phi) is 5.40. The number of halogens is 1. The van der Waals surface area contributed by atoms with Gasteiger partial charge in [0.25, 0.3) is 0 Å². The Labute approximate surface area is 146 Å². The van der Waals surface area contributed by atoms with Gasteiger partial charge in [-0.15, -0.1) is 0 Å². The second kappa shape index (κ2) is 7.72. The molecule has 25 heavy (non-hydrogen) atoms. The summed E-state index contributed by atoms with van der Waals surface area (Å²) in [6, 6.07) is 6.40. The average molecular weight is 349 g/mol. The highest BCUT2D eigenvalue weighted by Crippen LogP contribution is 2.29. The van der Waals surface area contributed by atoms with E-state index in [2.05, 4.69) is 5.32 Å². The van der Waals surface area contributed by atoms with Crippen molar-refractivity contribution in [1.82, 2.24) is 15.1 Å². The number of carbonyl (C=O) groups excluding carboxylic acids is 2. The Balaban J connectivity index is 1.61. The molecule has 1 N–H and O–H groups in total. The zero-order valence-corrected chi connectivity index (χ0v) is 14.4. The van der Waals surface area contributed by atoms with Crippen LogP contribution in [0.3, 0.4) is 0 Å². The monoisotopic (exact) mass is 349 g/mol. The zero-order chi connectivity index (χ0) is 17.8. The van der Waals surface area contributed by atoms with Crippen molar-refractivity contribution in [3.8, 4) is 0 Å². The minimum absolute atomic E-state index is 0.109. The van der Waals surface area contributed by atoms with Crippen LogP contribution in [0, 0.1) is 5.82 Å². The highest BCUT2D eigenvalue weighted by Gasteiger charge is 2.34. The maximum Gasteiger partial charge on any atom is 0.409 e. The summed E-state index contributed by atoms with van der Waals surface area (Å²) in [5, 5.41) is 3.00. The van der Waals surface area contributed by atoms with Gasteiger partial charge in [-0.05, 0) is 31.7 Å². The van der Waals surface area contributed by atoms with Crippen molar-refractivity contribution in [2.75, 3.05) is 20.2 Å². The molecule has 7 heteroatoms. The van der Waals surface area contributed by atoms with Gasteiger partial charge in [0.05, 0.1) is 13.7 Å². The SMILES string of the molecule is COC(=O)N1CCCC(NC(=O)N(Cc2ccccc2F)C2CC2)C1. The number of ether oxygens (including phenoxy) is 1. The van der Waals surface area contributed by atoms with Crippen LogP contribution < -0.4 is 5.32 Å². The Morgan fingerprint density at radius 1 is 1.32 bits per heavy atom. The summed E-state index contributed by atoms with van der Waals surface area (Å²) in [5.41, 5.74) is 0.518.